The molecule has 0 bridgehead atoms. The second-order valence-electron chi connectivity index (χ2n) is 3.34. The predicted molar refractivity (Wildman–Crippen MR) is 48.6 cm³/mol. The fourth-order valence-corrected chi connectivity index (χ4v) is 0.903. The van der Waals surface area contributed by atoms with Crippen molar-refractivity contribution in [2.24, 2.45) is 5.92 Å². The molecule has 0 radical (unpaired) electrons. The number of hydrogen-bond acceptors (Lipinski definition) is 5. The van der Waals surface area contributed by atoms with Crippen molar-refractivity contribution in [1.29, 1.82) is 0 Å². The maximum atomic E-state index is 11.3. The van der Waals surface area contributed by atoms with Gasteiger partial charge in [0.25, 0.3) is 0 Å². The van der Waals surface area contributed by atoms with E-state index in [1.807, 2.05) is 13.8 Å². The lowest BCUT2D eigenvalue weighted by Crippen LogP contribution is -2.10. The zero-order valence-electron chi connectivity index (χ0n) is 8.61. The normalized spacial score (nSPS) is 10.9. The summed E-state index contributed by atoms with van der Waals surface area (Å²) in [7, 11) is 1.55. The van der Waals surface area contributed by atoms with Crippen LogP contribution < -0.4 is 0 Å². The summed E-state index contributed by atoms with van der Waals surface area (Å²) in [6.45, 7) is 3.99. The van der Waals surface area contributed by atoms with E-state index in [0.717, 1.165) is 0 Å². The van der Waals surface area contributed by atoms with Crippen LogP contribution in [-0.2, 0) is 22.6 Å². The quantitative estimate of drug-likeness (QED) is 0.705. The number of carbonyl (C=O) groups is 1. The van der Waals surface area contributed by atoms with Gasteiger partial charge in [0.1, 0.15) is 12.4 Å². The van der Waals surface area contributed by atoms with Gasteiger partial charge in [0.05, 0.1) is 6.42 Å². The van der Waals surface area contributed by atoms with Crippen LogP contribution in [0.25, 0.3) is 0 Å². The third-order valence-electron chi connectivity index (χ3n) is 1.75. The van der Waals surface area contributed by atoms with Crippen molar-refractivity contribution < 1.29 is 14.1 Å². The van der Waals surface area contributed by atoms with Crippen LogP contribution in [0.1, 0.15) is 25.6 Å². The van der Waals surface area contributed by atoms with E-state index in [1.165, 1.54) is 0 Å². The Morgan fingerprint density at radius 2 is 2.29 bits per heavy atom. The molecule has 1 rings (SSSR count). The van der Waals surface area contributed by atoms with Crippen molar-refractivity contribution >= 4 is 5.78 Å². The summed E-state index contributed by atoms with van der Waals surface area (Å²) < 4.78 is 9.70. The Hall–Kier alpha value is -1.23. The molecular weight excluding hydrogens is 184 g/mol. The lowest BCUT2D eigenvalue weighted by molar-refractivity contribution is -0.121. The lowest BCUT2D eigenvalue weighted by Gasteiger charge is -1.98. The molecule has 0 aliphatic carbocycles. The summed E-state index contributed by atoms with van der Waals surface area (Å²) in [5, 5.41) is 3.65. The number of ether oxygens (including phenoxy) is 1. The molecule has 0 saturated carbocycles. The minimum Gasteiger partial charge on any atom is -0.377 e. The third-order valence-corrected chi connectivity index (χ3v) is 1.75. The van der Waals surface area contributed by atoms with Crippen molar-refractivity contribution in [3.05, 3.63) is 11.7 Å². The van der Waals surface area contributed by atoms with Gasteiger partial charge in [-0.3, -0.25) is 4.79 Å². The van der Waals surface area contributed by atoms with Gasteiger partial charge < -0.3 is 9.26 Å². The monoisotopic (exact) mass is 198 g/mol. The van der Waals surface area contributed by atoms with Gasteiger partial charge in [-0.2, -0.15) is 4.98 Å². The molecule has 0 amide bonds. The van der Waals surface area contributed by atoms with E-state index in [4.69, 9.17) is 9.26 Å². The molecule has 14 heavy (non-hydrogen) atoms. The van der Waals surface area contributed by atoms with Crippen molar-refractivity contribution in [2.45, 2.75) is 26.9 Å². The minimum absolute atomic E-state index is 0.00669. The fourth-order valence-electron chi connectivity index (χ4n) is 0.903. The molecule has 0 aliphatic heterocycles. The van der Waals surface area contributed by atoms with Gasteiger partial charge in [0.15, 0.2) is 5.82 Å². The van der Waals surface area contributed by atoms with E-state index in [-0.39, 0.29) is 18.1 Å². The van der Waals surface area contributed by atoms with Gasteiger partial charge in [0, 0.05) is 13.0 Å². The summed E-state index contributed by atoms with van der Waals surface area (Å²) in [6.07, 6.45) is 0.203. The van der Waals surface area contributed by atoms with Crippen molar-refractivity contribution in [3.63, 3.8) is 0 Å². The highest BCUT2D eigenvalue weighted by molar-refractivity contribution is 5.81. The van der Waals surface area contributed by atoms with Crippen molar-refractivity contribution in [1.82, 2.24) is 10.1 Å². The minimum atomic E-state index is -0.00669. The smallest absolute Gasteiger partial charge is 0.234 e. The zero-order chi connectivity index (χ0) is 10.6. The maximum Gasteiger partial charge on any atom is 0.234 e. The number of nitrogens with zero attached hydrogens (tertiary/aromatic N) is 2. The summed E-state index contributed by atoms with van der Waals surface area (Å²) in [4.78, 5) is 15.3. The van der Waals surface area contributed by atoms with Gasteiger partial charge >= 0.3 is 0 Å². The molecule has 5 heteroatoms. The van der Waals surface area contributed by atoms with Crippen LogP contribution in [0.15, 0.2) is 4.52 Å². The molecule has 0 N–H and O–H groups in total. The molecule has 0 atom stereocenters. The van der Waals surface area contributed by atoms with E-state index in [0.29, 0.717) is 18.3 Å². The Morgan fingerprint density at radius 3 is 2.86 bits per heavy atom. The first kappa shape index (κ1) is 10.8. The number of ketones is 1. The first-order valence-electron chi connectivity index (χ1n) is 4.46. The van der Waals surface area contributed by atoms with Crippen LogP contribution in [0.3, 0.4) is 0 Å². The topological polar surface area (TPSA) is 65.2 Å². The van der Waals surface area contributed by atoms with Gasteiger partial charge in [-0.1, -0.05) is 19.0 Å². The Balaban J connectivity index is 2.55. The number of rotatable bonds is 5. The molecule has 1 heterocycles. The number of methoxy groups -OCH3 is 1. The largest absolute Gasteiger partial charge is 0.377 e. The molecule has 78 valence electrons. The second kappa shape index (κ2) is 4.85. The number of hydrogen-bond donors (Lipinski definition) is 0. The summed E-state index contributed by atoms with van der Waals surface area (Å²) in [5.74, 6) is 0.917. The Kier molecular flexibility index (Phi) is 3.76. The third kappa shape index (κ3) is 2.92. The number of Topliss-reactive ketones (excluding diaryl/α,β-unsaturated/α-hetero) is 1. The Labute approximate surface area is 82.4 Å². The highest BCUT2D eigenvalue weighted by Crippen LogP contribution is 2.04. The van der Waals surface area contributed by atoms with Crippen LogP contribution in [0.4, 0.5) is 0 Å². The first-order valence-corrected chi connectivity index (χ1v) is 4.46. The molecule has 0 fully saturated rings. The molecule has 0 spiro atoms. The van der Waals surface area contributed by atoms with Crippen LogP contribution in [0, 0.1) is 5.92 Å². The number of aromatic nitrogens is 2. The molecule has 0 aliphatic rings. The Morgan fingerprint density at radius 1 is 1.57 bits per heavy atom. The lowest BCUT2D eigenvalue weighted by atomic mass is 10.1. The molecule has 5 nitrogen and oxygen atoms in total. The summed E-state index contributed by atoms with van der Waals surface area (Å²) >= 11 is 0. The van der Waals surface area contributed by atoms with Crippen LogP contribution in [0.5, 0.6) is 0 Å². The second-order valence-corrected chi connectivity index (χ2v) is 3.34. The van der Waals surface area contributed by atoms with E-state index in [1.54, 1.807) is 7.11 Å². The van der Waals surface area contributed by atoms with Gasteiger partial charge in [-0.05, 0) is 0 Å². The van der Waals surface area contributed by atoms with Crippen LogP contribution in [0.2, 0.25) is 0 Å². The average molecular weight is 198 g/mol. The molecule has 1 aromatic heterocycles. The number of carbonyl (C=O) groups excluding carboxylic acids is 1. The molecule has 0 unspecified atom stereocenters. The standard InChI is InChI=1S/C9H14N2O3/c1-6(2)7(12)4-9-10-8(5-13-3)11-14-9/h6H,4-5H2,1-3H3. The maximum absolute atomic E-state index is 11.3. The molecule has 0 saturated heterocycles. The van der Waals surface area contributed by atoms with E-state index in [2.05, 4.69) is 10.1 Å². The zero-order valence-corrected chi connectivity index (χ0v) is 8.61. The van der Waals surface area contributed by atoms with Crippen molar-refractivity contribution in [2.75, 3.05) is 7.11 Å². The predicted octanol–water partition coefficient (Wildman–Crippen LogP) is 0.984. The van der Waals surface area contributed by atoms with Gasteiger partial charge in [-0.25, -0.2) is 0 Å². The average Bonchev–Trinajstić information content (AvgIpc) is 2.53. The molecule has 1 aromatic rings. The highest BCUT2D eigenvalue weighted by atomic mass is 16.5. The molecule has 0 aromatic carbocycles. The SMILES string of the molecule is COCc1noc(CC(=O)C(C)C)n1. The van der Waals surface area contributed by atoms with Crippen LogP contribution in [-0.4, -0.2) is 23.0 Å². The highest BCUT2D eigenvalue weighted by Gasteiger charge is 2.13. The summed E-state index contributed by atoms with van der Waals surface area (Å²) in [6, 6.07) is 0. The van der Waals surface area contributed by atoms with E-state index in [9.17, 15) is 4.79 Å². The molecular formula is C9H14N2O3. The van der Waals surface area contributed by atoms with E-state index >= 15 is 0 Å². The van der Waals surface area contributed by atoms with Crippen LogP contribution >= 0.6 is 0 Å². The first-order chi connectivity index (χ1) is 6.63. The van der Waals surface area contributed by atoms with Gasteiger partial charge in [-0.15, -0.1) is 0 Å². The summed E-state index contributed by atoms with van der Waals surface area (Å²) in [5.41, 5.74) is 0. The Bertz CT molecular complexity index is 307. The van der Waals surface area contributed by atoms with Gasteiger partial charge in [0.2, 0.25) is 5.89 Å². The van der Waals surface area contributed by atoms with Crippen molar-refractivity contribution in [3.8, 4) is 0 Å². The van der Waals surface area contributed by atoms with E-state index < -0.39 is 0 Å². The fraction of sp³-hybridized carbons (Fsp3) is 0.667.